The molecule has 0 aliphatic heterocycles. The lowest BCUT2D eigenvalue weighted by Crippen LogP contribution is -2.07. The lowest BCUT2D eigenvalue weighted by molar-refractivity contribution is -0.140. The summed E-state index contributed by atoms with van der Waals surface area (Å²) in [5.41, 5.74) is 5.87. The van der Waals surface area contributed by atoms with E-state index in [1.54, 1.807) is 0 Å². The highest BCUT2D eigenvalue weighted by atomic mass is 16.7. The second-order valence-corrected chi connectivity index (χ2v) is 10.4. The molecule has 0 aliphatic carbocycles. The number of carbonyl (C=O) groups excluding carboxylic acids is 2. The zero-order valence-corrected chi connectivity index (χ0v) is 24.2. The third-order valence-electron chi connectivity index (χ3n) is 7.35. The molecule has 40 heavy (non-hydrogen) atoms. The van der Waals surface area contributed by atoms with Crippen LogP contribution in [0.4, 0.5) is 0 Å². The van der Waals surface area contributed by atoms with Crippen molar-refractivity contribution >= 4 is 39.3 Å². The van der Waals surface area contributed by atoms with Gasteiger partial charge in [-0.3, -0.25) is 4.79 Å². The first kappa shape index (κ1) is 29.2. The molecule has 210 valence electrons. The molecule has 1 aromatic heterocycles. The van der Waals surface area contributed by atoms with Gasteiger partial charge in [-0.25, -0.2) is 4.79 Å². The van der Waals surface area contributed by atoms with E-state index in [1.165, 1.54) is 39.0 Å². The summed E-state index contributed by atoms with van der Waals surface area (Å²) in [6.45, 7) is 9.43. The number of ketones is 1. The first-order valence-corrected chi connectivity index (χ1v) is 14.4. The van der Waals surface area contributed by atoms with Crippen LogP contribution in [0, 0.1) is 6.92 Å². The second kappa shape index (κ2) is 14.0. The normalized spacial score (nSPS) is 11.8. The van der Waals surface area contributed by atoms with E-state index in [4.69, 9.17) is 9.57 Å². The number of aryl methyl sites for hydroxylation is 1. The summed E-state index contributed by atoms with van der Waals surface area (Å²) in [6, 6.07) is 19.7. The molecule has 0 atom stereocenters. The van der Waals surface area contributed by atoms with E-state index in [0.29, 0.717) is 30.0 Å². The van der Waals surface area contributed by atoms with Gasteiger partial charge in [0.05, 0.1) is 12.3 Å². The second-order valence-electron chi connectivity index (χ2n) is 10.4. The van der Waals surface area contributed by atoms with Crippen molar-refractivity contribution in [3.05, 3.63) is 82.9 Å². The Labute approximate surface area is 237 Å². The molecule has 0 bridgehead atoms. The first-order valence-electron chi connectivity index (χ1n) is 14.4. The third-order valence-corrected chi connectivity index (χ3v) is 7.35. The van der Waals surface area contributed by atoms with Gasteiger partial charge in [0, 0.05) is 53.0 Å². The van der Waals surface area contributed by atoms with Crippen molar-refractivity contribution in [1.82, 2.24) is 4.57 Å². The van der Waals surface area contributed by atoms with Crippen molar-refractivity contribution in [3.63, 3.8) is 0 Å². The van der Waals surface area contributed by atoms with Gasteiger partial charge in [-0.15, -0.1) is 0 Å². The van der Waals surface area contributed by atoms with E-state index in [2.05, 4.69) is 28.8 Å². The number of benzene rings is 3. The van der Waals surface area contributed by atoms with Crippen LogP contribution >= 0.6 is 0 Å². The van der Waals surface area contributed by atoms with E-state index >= 15 is 0 Å². The molecule has 0 fully saturated rings. The van der Waals surface area contributed by atoms with Crippen LogP contribution in [0.25, 0.3) is 21.8 Å². The van der Waals surface area contributed by atoms with Crippen molar-refractivity contribution in [2.75, 3.05) is 13.2 Å². The number of aromatic nitrogens is 1. The summed E-state index contributed by atoms with van der Waals surface area (Å²) in [6.07, 6.45) is 7.45. The highest BCUT2D eigenvalue weighted by Crippen LogP contribution is 2.32. The van der Waals surface area contributed by atoms with Crippen molar-refractivity contribution in [2.24, 2.45) is 5.16 Å². The summed E-state index contributed by atoms with van der Waals surface area (Å²) in [4.78, 5) is 29.6. The number of rotatable bonds is 14. The number of carbonyl (C=O) groups is 2. The van der Waals surface area contributed by atoms with Crippen LogP contribution in [0.1, 0.15) is 86.3 Å². The lowest BCUT2D eigenvalue weighted by Gasteiger charge is -2.10. The first-order chi connectivity index (χ1) is 19.4. The molecule has 4 aromatic rings. The van der Waals surface area contributed by atoms with Crippen molar-refractivity contribution < 1.29 is 19.2 Å². The predicted molar refractivity (Wildman–Crippen MR) is 162 cm³/mol. The molecule has 3 aromatic carbocycles. The number of fused-ring (bicyclic) bond motifs is 3. The number of hydrogen-bond acceptors (Lipinski definition) is 5. The smallest absolute Gasteiger partial charge is 0.331 e. The van der Waals surface area contributed by atoms with Gasteiger partial charge < -0.3 is 14.1 Å². The summed E-state index contributed by atoms with van der Waals surface area (Å²) in [5.74, 6) is -0.454. The van der Waals surface area contributed by atoms with Crippen molar-refractivity contribution in [1.29, 1.82) is 0 Å². The van der Waals surface area contributed by atoms with Gasteiger partial charge in [-0.05, 0) is 61.7 Å². The Balaban J connectivity index is 1.64. The minimum Gasteiger partial charge on any atom is -0.380 e. The largest absolute Gasteiger partial charge is 0.380 e. The summed E-state index contributed by atoms with van der Waals surface area (Å²) < 4.78 is 8.28. The minimum atomic E-state index is -0.461. The fraction of sp³-hybridized carbons (Fsp3) is 0.382. The zero-order chi connectivity index (χ0) is 28.5. The number of oxime groups is 1. The van der Waals surface area contributed by atoms with Gasteiger partial charge in [0.1, 0.15) is 0 Å². The Kier molecular flexibility index (Phi) is 10.3. The van der Waals surface area contributed by atoms with Gasteiger partial charge in [-0.1, -0.05) is 74.5 Å². The molecular formula is C34H40N2O4. The SMILES string of the molecule is CCCCCCCCOCCn1c2ccc(C(=O)c3ccccc3C)cc2c2cc(/C(C)=N/OC(C)=O)ccc21. The standard InChI is InChI=1S/C34H40N2O4/c1-5-6-7-8-9-12-20-39-21-19-36-32-17-15-27(25(3)35-40-26(4)37)22-30(32)31-23-28(16-18-33(31)36)34(38)29-14-11-10-13-24(29)2/h10-11,13-18,22-23H,5-9,12,19-21H2,1-4H3/b35-25+. The highest BCUT2D eigenvalue weighted by molar-refractivity contribution is 6.16. The van der Waals surface area contributed by atoms with Crippen LogP contribution in [0.3, 0.4) is 0 Å². The Morgan fingerprint density at radius 3 is 2.15 bits per heavy atom. The van der Waals surface area contributed by atoms with Crippen molar-refractivity contribution in [3.8, 4) is 0 Å². The summed E-state index contributed by atoms with van der Waals surface area (Å²) >= 11 is 0. The number of hydrogen-bond donors (Lipinski definition) is 0. The highest BCUT2D eigenvalue weighted by Gasteiger charge is 2.17. The van der Waals surface area contributed by atoms with Gasteiger partial charge in [-0.2, -0.15) is 0 Å². The third kappa shape index (κ3) is 7.05. The quantitative estimate of drug-likeness (QED) is 0.0534. The molecule has 0 N–H and O–H groups in total. The predicted octanol–water partition coefficient (Wildman–Crippen LogP) is 8.00. The van der Waals surface area contributed by atoms with E-state index in [0.717, 1.165) is 46.0 Å². The summed E-state index contributed by atoms with van der Waals surface area (Å²) in [7, 11) is 0. The molecule has 1 heterocycles. The molecule has 0 radical (unpaired) electrons. The van der Waals surface area contributed by atoms with Gasteiger partial charge >= 0.3 is 5.97 Å². The van der Waals surface area contributed by atoms with Crippen LogP contribution in [-0.4, -0.2) is 35.2 Å². The number of unbranched alkanes of at least 4 members (excludes halogenated alkanes) is 5. The van der Waals surface area contributed by atoms with Crippen LogP contribution < -0.4 is 0 Å². The Morgan fingerprint density at radius 2 is 1.45 bits per heavy atom. The molecule has 6 heteroatoms. The molecular weight excluding hydrogens is 500 g/mol. The molecule has 0 saturated carbocycles. The molecule has 0 spiro atoms. The molecule has 0 unspecified atom stereocenters. The Hall–Kier alpha value is -3.77. The lowest BCUT2D eigenvalue weighted by atomic mass is 9.97. The van der Waals surface area contributed by atoms with E-state index in [-0.39, 0.29) is 5.78 Å². The fourth-order valence-electron chi connectivity index (χ4n) is 5.12. The zero-order valence-electron chi connectivity index (χ0n) is 24.2. The van der Waals surface area contributed by atoms with Crippen LogP contribution in [0.5, 0.6) is 0 Å². The van der Waals surface area contributed by atoms with E-state index < -0.39 is 5.97 Å². The van der Waals surface area contributed by atoms with Crippen LogP contribution in [0.2, 0.25) is 0 Å². The van der Waals surface area contributed by atoms with Gasteiger partial charge in [0.2, 0.25) is 0 Å². The minimum absolute atomic E-state index is 0.00641. The average Bonchev–Trinajstić information content (AvgIpc) is 3.27. The van der Waals surface area contributed by atoms with Gasteiger partial charge in [0.15, 0.2) is 5.78 Å². The number of ether oxygens (including phenoxy) is 1. The number of nitrogens with zero attached hydrogens (tertiary/aromatic N) is 2. The topological polar surface area (TPSA) is 69.9 Å². The van der Waals surface area contributed by atoms with Crippen molar-refractivity contribution in [2.45, 2.75) is 72.8 Å². The maximum absolute atomic E-state index is 13.4. The molecule has 6 nitrogen and oxygen atoms in total. The maximum Gasteiger partial charge on any atom is 0.331 e. The maximum atomic E-state index is 13.4. The molecule has 0 amide bonds. The van der Waals surface area contributed by atoms with E-state index in [1.807, 2.05) is 62.4 Å². The van der Waals surface area contributed by atoms with E-state index in [9.17, 15) is 9.59 Å². The van der Waals surface area contributed by atoms with Crippen LogP contribution in [-0.2, 0) is 20.9 Å². The fourth-order valence-corrected chi connectivity index (χ4v) is 5.12. The molecule has 0 saturated heterocycles. The molecule has 0 aliphatic rings. The molecule has 4 rings (SSSR count). The van der Waals surface area contributed by atoms with Gasteiger partial charge in [0.25, 0.3) is 0 Å². The monoisotopic (exact) mass is 540 g/mol. The Morgan fingerprint density at radius 1 is 0.800 bits per heavy atom. The van der Waals surface area contributed by atoms with Crippen LogP contribution in [0.15, 0.2) is 65.8 Å². The summed E-state index contributed by atoms with van der Waals surface area (Å²) in [5, 5.41) is 5.98. The Bertz CT molecular complexity index is 1520. The average molecular weight is 541 g/mol.